The summed E-state index contributed by atoms with van der Waals surface area (Å²) in [4.78, 5) is 17.4. The average molecular weight is 749 g/mol. The number of esters is 1. The molecule has 9 rings (SSSR count). The molecule has 8 nitrogen and oxygen atoms in total. The molecule has 55 heavy (non-hydrogen) atoms. The van der Waals surface area contributed by atoms with Crippen molar-refractivity contribution in [2.75, 3.05) is 32.0 Å². The van der Waals surface area contributed by atoms with Crippen LogP contribution in [0.25, 0.3) is 5.57 Å². The number of nitrogens with two attached hydrogens (primary N) is 1. The van der Waals surface area contributed by atoms with Gasteiger partial charge in [-0.3, -0.25) is 14.8 Å². The van der Waals surface area contributed by atoms with Crippen LogP contribution in [-0.4, -0.2) is 47.4 Å². The molecule has 7 atom stereocenters. The highest BCUT2D eigenvalue weighted by molar-refractivity contribution is 5.82. The third-order valence-electron chi connectivity index (χ3n) is 17.1. The Balaban J connectivity index is 1.22. The monoisotopic (exact) mass is 748 g/mol. The van der Waals surface area contributed by atoms with Crippen LogP contribution >= 0.6 is 0 Å². The topological polar surface area (TPSA) is 107 Å². The first-order valence-electron chi connectivity index (χ1n) is 21.3. The number of carbonyl (C=O) groups is 1. The first-order valence-corrected chi connectivity index (χ1v) is 21.3. The van der Waals surface area contributed by atoms with E-state index in [0.29, 0.717) is 18.4 Å². The van der Waals surface area contributed by atoms with Gasteiger partial charge in [-0.2, -0.15) is 5.10 Å². The Labute approximate surface area is 328 Å². The Hall–Kier alpha value is -3.36. The normalized spacial score (nSPS) is 36.5. The van der Waals surface area contributed by atoms with Crippen LogP contribution in [-0.2, 0) is 39.3 Å². The molecule has 3 saturated carbocycles. The summed E-state index contributed by atoms with van der Waals surface area (Å²) < 4.78 is 18.7. The number of morpholine rings is 1. The first kappa shape index (κ1) is 37.2. The number of furan rings is 1. The number of aromatic nitrogens is 2. The van der Waals surface area contributed by atoms with Crippen molar-refractivity contribution in [1.29, 1.82) is 0 Å². The molecule has 8 heteroatoms. The highest BCUT2D eigenvalue weighted by Crippen LogP contribution is 2.77. The van der Waals surface area contributed by atoms with E-state index in [-0.39, 0.29) is 39.0 Å². The Morgan fingerprint density at radius 3 is 2.47 bits per heavy atom. The van der Waals surface area contributed by atoms with E-state index in [9.17, 15) is 4.79 Å². The number of ether oxygens (including phenoxy) is 2. The van der Waals surface area contributed by atoms with Crippen LogP contribution in [0.1, 0.15) is 128 Å². The number of aromatic amines is 1. The number of benzene rings is 1. The number of rotatable bonds is 6. The highest BCUT2D eigenvalue weighted by Gasteiger charge is 2.70. The van der Waals surface area contributed by atoms with Crippen LogP contribution in [0.5, 0.6) is 0 Å². The summed E-state index contributed by atoms with van der Waals surface area (Å²) >= 11 is 0. The molecule has 5 aliphatic carbocycles. The summed E-state index contributed by atoms with van der Waals surface area (Å²) in [6.45, 7) is 22.0. The van der Waals surface area contributed by atoms with E-state index in [2.05, 4.69) is 76.7 Å². The van der Waals surface area contributed by atoms with E-state index in [0.717, 1.165) is 113 Å². The van der Waals surface area contributed by atoms with Gasteiger partial charge in [0.2, 0.25) is 0 Å². The SMILES string of the molecule is CC1(C)CC[C@]2(C(=O)OCc3ccccc3)CC[C@]3(C)C(=C(c4ccoc4CN4CCOCC4)CC4[C@@]5(C)Cc6c(n[nH]c6N)C(C)(C)[C@@H]5CC[C@]43C)[C@@H]2C1. The molecule has 296 valence electrons. The third-order valence-corrected chi connectivity index (χ3v) is 17.1. The molecule has 3 aromatic rings. The lowest BCUT2D eigenvalue weighted by atomic mass is 9.32. The number of nitrogens with zero attached hydrogens (tertiary/aromatic N) is 2. The maximum atomic E-state index is 14.9. The number of anilines is 1. The Morgan fingerprint density at radius 1 is 0.964 bits per heavy atom. The van der Waals surface area contributed by atoms with Gasteiger partial charge in [-0.15, -0.1) is 0 Å². The van der Waals surface area contributed by atoms with E-state index in [4.69, 9.17) is 24.7 Å². The molecular formula is C47H64N4O4. The van der Waals surface area contributed by atoms with E-state index < -0.39 is 5.41 Å². The van der Waals surface area contributed by atoms with Gasteiger partial charge in [-0.1, -0.05) is 84.4 Å². The number of allylic oxidation sites excluding steroid dienone is 2. The molecular weight excluding hydrogens is 685 g/mol. The fraction of sp³-hybridized carbons (Fsp3) is 0.660. The van der Waals surface area contributed by atoms with Crippen molar-refractivity contribution in [1.82, 2.24) is 15.1 Å². The summed E-state index contributed by atoms with van der Waals surface area (Å²) in [6, 6.07) is 12.5. The molecule has 0 amide bonds. The Bertz CT molecular complexity index is 1990. The average Bonchev–Trinajstić information content (AvgIpc) is 3.77. The maximum absolute atomic E-state index is 14.9. The Morgan fingerprint density at radius 2 is 1.71 bits per heavy atom. The first-order chi connectivity index (χ1) is 26.1. The van der Waals surface area contributed by atoms with Crippen LogP contribution in [0.4, 0.5) is 5.82 Å². The van der Waals surface area contributed by atoms with E-state index in [1.54, 1.807) is 5.57 Å². The molecule has 6 aliphatic rings. The smallest absolute Gasteiger partial charge is 0.313 e. The van der Waals surface area contributed by atoms with E-state index in [1.165, 1.54) is 16.7 Å². The van der Waals surface area contributed by atoms with E-state index >= 15 is 0 Å². The second-order valence-corrected chi connectivity index (χ2v) is 20.6. The minimum absolute atomic E-state index is 0.00434. The zero-order valence-electron chi connectivity index (χ0n) is 34.5. The Kier molecular flexibility index (Phi) is 8.68. The second-order valence-electron chi connectivity index (χ2n) is 20.6. The number of nitrogens with one attached hydrogen (secondary N) is 1. The van der Waals surface area contributed by atoms with Gasteiger partial charge in [-0.25, -0.2) is 0 Å². The molecule has 3 N–H and O–H groups in total. The minimum atomic E-state index is -0.546. The zero-order chi connectivity index (χ0) is 38.6. The van der Waals surface area contributed by atoms with Crippen LogP contribution in [0.3, 0.4) is 0 Å². The van der Waals surface area contributed by atoms with Gasteiger partial charge in [0.15, 0.2) is 0 Å². The molecule has 0 spiro atoms. The fourth-order valence-electron chi connectivity index (χ4n) is 14.0. The molecule has 1 unspecified atom stereocenters. The summed E-state index contributed by atoms with van der Waals surface area (Å²) in [7, 11) is 0. The standard InChI is InChI=1S/C47H64N4O4/c1-42(2)16-18-47(41(52)55-29-30-11-9-8-10-12-30)19-17-46(7)38(34(47)27-42)32(31-14-22-54-35(31)28-51-20-23-53-24-21-51)25-37-44(5)26-33-39(49-50-40(33)48)43(3,4)36(44)13-15-45(37,46)6/h8-12,14,22,34,36-37H,13,15-21,23-29H2,1-7H3,(H3,48,49,50)/t34-,36-,37?,44-,45+,46+,47-/m0/s1. The van der Waals surface area contributed by atoms with Gasteiger partial charge in [0.1, 0.15) is 18.2 Å². The highest BCUT2D eigenvalue weighted by atomic mass is 16.5. The van der Waals surface area contributed by atoms with Gasteiger partial charge in [0, 0.05) is 29.6 Å². The molecule has 1 saturated heterocycles. The molecule has 3 heterocycles. The predicted molar refractivity (Wildman–Crippen MR) is 216 cm³/mol. The number of hydrogen-bond donors (Lipinski definition) is 2. The zero-order valence-corrected chi connectivity index (χ0v) is 34.5. The quantitative estimate of drug-likeness (QED) is 0.242. The van der Waals surface area contributed by atoms with Crippen molar-refractivity contribution in [3.05, 3.63) is 76.4 Å². The molecule has 1 aliphatic heterocycles. The number of carbonyl (C=O) groups excluding carboxylic acids is 1. The summed E-state index contributed by atoms with van der Waals surface area (Å²) in [5, 5.41) is 8.04. The third kappa shape index (κ3) is 5.50. The lowest BCUT2D eigenvalue weighted by molar-refractivity contribution is -0.181. The summed E-state index contributed by atoms with van der Waals surface area (Å²) in [5.74, 6) is 2.77. The van der Waals surface area contributed by atoms with Gasteiger partial charge >= 0.3 is 5.97 Å². The fourth-order valence-corrected chi connectivity index (χ4v) is 14.0. The van der Waals surface area contributed by atoms with Gasteiger partial charge in [0.25, 0.3) is 0 Å². The lowest BCUT2D eigenvalue weighted by Gasteiger charge is -2.71. The summed E-state index contributed by atoms with van der Waals surface area (Å²) in [6.07, 6.45) is 10.9. The van der Waals surface area contributed by atoms with Crippen molar-refractivity contribution in [3.8, 4) is 0 Å². The molecule has 2 aromatic heterocycles. The van der Waals surface area contributed by atoms with Crippen molar-refractivity contribution < 1.29 is 18.7 Å². The van der Waals surface area contributed by atoms with Crippen LogP contribution in [0.2, 0.25) is 0 Å². The minimum Gasteiger partial charge on any atom is -0.467 e. The van der Waals surface area contributed by atoms with Crippen molar-refractivity contribution in [2.24, 2.45) is 44.8 Å². The predicted octanol–water partition coefficient (Wildman–Crippen LogP) is 9.50. The van der Waals surface area contributed by atoms with E-state index in [1.807, 2.05) is 24.5 Å². The number of hydrogen-bond acceptors (Lipinski definition) is 7. The maximum Gasteiger partial charge on any atom is 0.313 e. The van der Waals surface area contributed by atoms with Gasteiger partial charge in [-0.05, 0) is 114 Å². The van der Waals surface area contributed by atoms with Crippen LogP contribution < -0.4 is 5.73 Å². The molecule has 1 aromatic carbocycles. The second kappa shape index (κ2) is 12.8. The lowest BCUT2D eigenvalue weighted by Crippen LogP contribution is -2.65. The number of nitrogen functional groups attached to an aromatic ring is 1. The number of H-pyrrole nitrogens is 1. The molecule has 0 radical (unpaired) electrons. The molecule has 0 bridgehead atoms. The van der Waals surface area contributed by atoms with Crippen molar-refractivity contribution >= 4 is 17.4 Å². The van der Waals surface area contributed by atoms with Crippen molar-refractivity contribution in [3.63, 3.8) is 0 Å². The largest absolute Gasteiger partial charge is 0.467 e. The van der Waals surface area contributed by atoms with Gasteiger partial charge in [0.05, 0.1) is 37.1 Å². The molecule has 4 fully saturated rings. The summed E-state index contributed by atoms with van der Waals surface area (Å²) in [5.41, 5.74) is 13.8. The number of fused-ring (bicyclic) bond motifs is 8. The van der Waals surface area contributed by atoms with Gasteiger partial charge < -0.3 is 19.6 Å². The van der Waals surface area contributed by atoms with Crippen LogP contribution in [0.15, 0.2) is 52.7 Å². The van der Waals surface area contributed by atoms with Crippen LogP contribution in [0, 0.1) is 44.8 Å². The van der Waals surface area contributed by atoms with Crippen molar-refractivity contribution in [2.45, 2.75) is 125 Å².